The van der Waals surface area contributed by atoms with E-state index in [-0.39, 0.29) is 6.03 Å². The van der Waals surface area contributed by atoms with Gasteiger partial charge in [0.25, 0.3) is 0 Å². The van der Waals surface area contributed by atoms with Crippen molar-refractivity contribution in [2.24, 2.45) is 0 Å². The minimum atomic E-state index is -1.44. The number of carbonyl (C=O) groups is 3. The summed E-state index contributed by atoms with van der Waals surface area (Å²) in [5.41, 5.74) is 5.93. The molecule has 5 rings (SSSR count). The number of benzene rings is 2. The summed E-state index contributed by atoms with van der Waals surface area (Å²) in [5.74, 6) is 0.793. The van der Waals surface area contributed by atoms with Crippen LogP contribution in [0.4, 0.5) is 16.3 Å². The number of hydrogen-bond acceptors (Lipinski definition) is 5. The number of aromatic amines is 1. The number of amides is 2. The van der Waals surface area contributed by atoms with Crippen molar-refractivity contribution in [3.05, 3.63) is 90.8 Å². The van der Waals surface area contributed by atoms with Crippen molar-refractivity contribution in [1.29, 1.82) is 0 Å². The van der Waals surface area contributed by atoms with Crippen molar-refractivity contribution < 1.29 is 24.6 Å². The molecule has 10 heteroatoms. The fourth-order valence-electron chi connectivity index (χ4n) is 4.60. The van der Waals surface area contributed by atoms with Gasteiger partial charge < -0.3 is 25.4 Å². The average Bonchev–Trinajstić information content (AvgIpc) is 3.41. The second kappa shape index (κ2) is 14.2. The molecule has 3 heterocycles. The summed E-state index contributed by atoms with van der Waals surface area (Å²) in [4.78, 5) is 42.1. The lowest BCUT2D eigenvalue weighted by Crippen LogP contribution is -2.24. The molecule has 2 amide bonds. The van der Waals surface area contributed by atoms with Gasteiger partial charge in [-0.15, -0.1) is 0 Å². The van der Waals surface area contributed by atoms with E-state index in [1.54, 1.807) is 0 Å². The highest BCUT2D eigenvalue weighted by atomic mass is 16.4. The van der Waals surface area contributed by atoms with E-state index < -0.39 is 11.9 Å². The Labute approximate surface area is 243 Å². The van der Waals surface area contributed by atoms with E-state index in [1.165, 1.54) is 17.4 Å². The molecule has 0 fully saturated rings. The van der Waals surface area contributed by atoms with Crippen molar-refractivity contribution in [1.82, 2.24) is 14.9 Å². The van der Waals surface area contributed by atoms with Crippen LogP contribution in [0.2, 0.25) is 0 Å². The van der Waals surface area contributed by atoms with Gasteiger partial charge in [0.15, 0.2) is 0 Å². The normalized spacial score (nSPS) is 13.7. The van der Waals surface area contributed by atoms with Gasteiger partial charge in [0.2, 0.25) is 0 Å². The molecular weight excluding hydrogens is 534 g/mol. The zero-order chi connectivity index (χ0) is 29.9. The Hall–Kier alpha value is -5.56. The molecule has 214 valence electrons. The second-order valence-corrected chi connectivity index (χ2v) is 9.50. The highest BCUT2D eigenvalue weighted by Crippen LogP contribution is 2.31. The average molecular weight is 566 g/mol. The third-order valence-electron chi connectivity index (χ3n) is 6.46. The Morgan fingerprint density at radius 2 is 1.71 bits per heavy atom. The molecule has 5 N–H and O–H groups in total. The number of anilines is 2. The lowest BCUT2D eigenvalue weighted by Gasteiger charge is -2.27. The summed E-state index contributed by atoms with van der Waals surface area (Å²) < 4.78 is 0. The number of urea groups is 1. The molecule has 1 atom stereocenters. The number of aliphatic carboxylic acids is 2. The highest BCUT2D eigenvalue weighted by molar-refractivity contribution is 6.00. The van der Waals surface area contributed by atoms with Crippen LogP contribution in [-0.2, 0) is 9.59 Å². The Bertz CT molecular complexity index is 1630. The fraction of sp³-hybridized carbons (Fsp3) is 0.188. The number of carboxylic acids is 2. The first-order valence-electron chi connectivity index (χ1n) is 13.4. The van der Waals surface area contributed by atoms with Gasteiger partial charge in [-0.2, -0.15) is 0 Å². The second-order valence-electron chi connectivity index (χ2n) is 9.50. The van der Waals surface area contributed by atoms with E-state index in [4.69, 9.17) is 15.2 Å². The summed E-state index contributed by atoms with van der Waals surface area (Å²) in [5, 5.41) is 21.3. The maximum absolute atomic E-state index is 12.7. The van der Waals surface area contributed by atoms with Gasteiger partial charge in [-0.25, -0.2) is 19.4 Å². The molecular formula is C32H31N5O5. The number of nitrogens with one attached hydrogen (secondary N) is 3. The summed E-state index contributed by atoms with van der Waals surface area (Å²) in [7, 11) is 0. The van der Waals surface area contributed by atoms with Crippen LogP contribution in [0.25, 0.3) is 22.2 Å². The minimum Gasteiger partial charge on any atom is -0.472 e. The smallest absolute Gasteiger partial charge is 0.382 e. The van der Waals surface area contributed by atoms with Crippen LogP contribution in [0.15, 0.2) is 85.2 Å². The predicted molar refractivity (Wildman–Crippen MR) is 162 cm³/mol. The number of nitrogens with zero attached hydrogens (tertiary/aromatic N) is 2. The molecule has 1 aliphatic rings. The Morgan fingerprint density at radius 1 is 0.976 bits per heavy atom. The van der Waals surface area contributed by atoms with E-state index in [0.29, 0.717) is 11.7 Å². The molecule has 0 saturated heterocycles. The highest BCUT2D eigenvalue weighted by Gasteiger charge is 2.19. The van der Waals surface area contributed by atoms with Crippen molar-refractivity contribution in [3.63, 3.8) is 0 Å². The van der Waals surface area contributed by atoms with Gasteiger partial charge in [0.1, 0.15) is 5.82 Å². The van der Waals surface area contributed by atoms with Crippen molar-refractivity contribution in [3.8, 4) is 23.0 Å². The van der Waals surface area contributed by atoms with Crippen LogP contribution in [0.5, 0.6) is 0 Å². The molecule has 4 aromatic rings. The lowest BCUT2D eigenvalue weighted by atomic mass is 9.94. The largest absolute Gasteiger partial charge is 0.472 e. The zero-order valence-corrected chi connectivity index (χ0v) is 23.0. The van der Waals surface area contributed by atoms with Crippen molar-refractivity contribution in [2.45, 2.75) is 25.7 Å². The Kier molecular flexibility index (Phi) is 9.94. The maximum Gasteiger partial charge on any atom is 0.382 e. The third kappa shape index (κ3) is 8.22. The number of hydrogen-bond donors (Lipinski definition) is 5. The van der Waals surface area contributed by atoms with Crippen LogP contribution >= 0.6 is 0 Å². The molecule has 0 radical (unpaired) electrons. The number of pyridine rings is 1. The molecule has 10 nitrogen and oxygen atoms in total. The van der Waals surface area contributed by atoms with Gasteiger partial charge in [0, 0.05) is 48.3 Å². The summed E-state index contributed by atoms with van der Waals surface area (Å²) in [6.07, 6.45) is 8.71. The van der Waals surface area contributed by atoms with Crippen LogP contribution in [0.1, 0.15) is 31.2 Å². The van der Waals surface area contributed by atoms with Crippen molar-refractivity contribution in [2.75, 3.05) is 23.7 Å². The maximum atomic E-state index is 12.7. The Balaban J connectivity index is 0.000000446. The summed E-state index contributed by atoms with van der Waals surface area (Å²) >= 11 is 0. The lowest BCUT2D eigenvalue weighted by molar-refractivity contribution is -0.132. The first-order valence-corrected chi connectivity index (χ1v) is 13.4. The van der Waals surface area contributed by atoms with Crippen molar-refractivity contribution >= 4 is 40.5 Å². The van der Waals surface area contributed by atoms with E-state index in [2.05, 4.69) is 51.8 Å². The van der Waals surface area contributed by atoms with Crippen LogP contribution in [0.3, 0.4) is 0 Å². The summed E-state index contributed by atoms with van der Waals surface area (Å²) in [6, 6.07) is 21.4. The quantitative estimate of drug-likeness (QED) is 0.187. The van der Waals surface area contributed by atoms with Gasteiger partial charge in [-0.05, 0) is 54.4 Å². The van der Waals surface area contributed by atoms with E-state index in [0.717, 1.165) is 53.8 Å². The molecule has 42 heavy (non-hydrogen) atoms. The standard InChI is InChI=1S/C28H29N5O.C4H2O4/c1-2-15-33-16-13-21(14-17-33)24-19-29-25-11-12-26(31-27(24)25)32-28(34)30-23-10-6-9-22(18-23)20-7-4-3-5-8-20;5-3(6)1-2-4(7)8/h3-13,16,18-19,21,29H,2,14-15,17H2,1H3,(H2,30,31,32,34);(H,5,6)(H,7,8). The Morgan fingerprint density at radius 3 is 2.38 bits per heavy atom. The topological polar surface area (TPSA) is 148 Å². The van der Waals surface area contributed by atoms with Gasteiger partial charge in [-0.1, -0.05) is 55.5 Å². The monoisotopic (exact) mass is 565 g/mol. The van der Waals surface area contributed by atoms with Gasteiger partial charge >= 0.3 is 18.0 Å². The number of rotatable bonds is 6. The van der Waals surface area contributed by atoms with E-state index in [9.17, 15) is 14.4 Å². The molecule has 2 aromatic carbocycles. The molecule has 1 unspecified atom stereocenters. The molecule has 0 aliphatic carbocycles. The number of carbonyl (C=O) groups excluding carboxylic acids is 1. The van der Waals surface area contributed by atoms with Gasteiger partial charge in [0.05, 0.1) is 11.0 Å². The number of fused-ring (bicyclic) bond motifs is 1. The van der Waals surface area contributed by atoms with Crippen LogP contribution < -0.4 is 10.6 Å². The van der Waals surface area contributed by atoms with E-state index >= 15 is 0 Å². The van der Waals surface area contributed by atoms with Crippen LogP contribution in [-0.4, -0.2) is 56.1 Å². The number of carboxylic acid groups (broad SMARTS) is 2. The number of H-pyrrole nitrogens is 1. The third-order valence-corrected chi connectivity index (χ3v) is 6.46. The molecule has 1 aliphatic heterocycles. The zero-order valence-electron chi connectivity index (χ0n) is 23.0. The molecule has 0 saturated carbocycles. The first kappa shape index (κ1) is 29.4. The SMILES string of the molecule is CCCN1C=CC(c2c[nH]c3ccc(NC(=O)Nc4cccc(-c5ccccc5)c4)nc23)CC1.O=C(O)C#CC(=O)O. The van der Waals surface area contributed by atoms with Crippen LogP contribution in [0, 0.1) is 11.8 Å². The summed E-state index contributed by atoms with van der Waals surface area (Å²) in [6.45, 7) is 4.34. The molecule has 0 spiro atoms. The fourth-order valence-corrected chi connectivity index (χ4v) is 4.60. The minimum absolute atomic E-state index is 0.318. The first-order chi connectivity index (χ1) is 20.3. The molecule has 0 bridgehead atoms. The predicted octanol–water partition coefficient (Wildman–Crippen LogP) is 5.75. The number of aromatic nitrogens is 2. The van der Waals surface area contributed by atoms with E-state index in [1.807, 2.05) is 60.8 Å². The molecule has 2 aromatic heterocycles. The van der Waals surface area contributed by atoms with Gasteiger partial charge in [-0.3, -0.25) is 5.32 Å². The number of allylic oxidation sites excluding steroid dienone is 1.